The molecule has 1 aromatic rings. The molecule has 0 bridgehead atoms. The van der Waals surface area contributed by atoms with Gasteiger partial charge in [0, 0.05) is 11.6 Å². The van der Waals surface area contributed by atoms with Crippen LogP contribution in [0.1, 0.15) is 32.3 Å². The summed E-state index contributed by atoms with van der Waals surface area (Å²) in [6.45, 7) is 3.90. The van der Waals surface area contributed by atoms with Crippen LogP contribution in [0.4, 0.5) is 5.69 Å². The minimum absolute atomic E-state index is 0.0605. The molecule has 1 atom stereocenters. The summed E-state index contributed by atoms with van der Waals surface area (Å²) in [5.74, 6) is -1.03. The van der Waals surface area contributed by atoms with E-state index >= 15 is 0 Å². The predicted molar refractivity (Wildman–Crippen MR) is 70.5 cm³/mol. The van der Waals surface area contributed by atoms with Gasteiger partial charge in [0.1, 0.15) is 0 Å². The Labute approximate surface area is 107 Å². The minimum atomic E-state index is -0.904. The van der Waals surface area contributed by atoms with E-state index in [9.17, 15) is 9.59 Å². The first kappa shape index (κ1) is 14.2. The van der Waals surface area contributed by atoms with Gasteiger partial charge >= 0.3 is 5.97 Å². The van der Waals surface area contributed by atoms with Gasteiger partial charge in [-0.25, -0.2) is 0 Å². The van der Waals surface area contributed by atoms with Crippen molar-refractivity contribution in [1.82, 2.24) is 0 Å². The third kappa shape index (κ3) is 4.20. The number of nitrogens with one attached hydrogen (secondary N) is 1. The zero-order valence-electron chi connectivity index (χ0n) is 10.8. The molecule has 0 aliphatic carbocycles. The maximum absolute atomic E-state index is 11.9. The Bertz CT molecular complexity index is 429. The van der Waals surface area contributed by atoms with Crippen LogP contribution < -0.4 is 5.32 Å². The predicted octanol–water partition coefficient (Wildman–Crippen LogP) is 2.69. The number of carboxylic acid groups (broad SMARTS) is 1. The average Bonchev–Trinajstić information content (AvgIpc) is 2.31. The van der Waals surface area contributed by atoms with E-state index < -0.39 is 5.97 Å². The van der Waals surface area contributed by atoms with Crippen molar-refractivity contribution in [1.29, 1.82) is 0 Å². The highest BCUT2D eigenvalue weighted by molar-refractivity contribution is 5.93. The number of anilines is 1. The molecule has 0 heterocycles. The van der Waals surface area contributed by atoms with Crippen LogP contribution in [0.15, 0.2) is 24.3 Å². The van der Waals surface area contributed by atoms with Gasteiger partial charge in [-0.3, -0.25) is 9.59 Å². The van der Waals surface area contributed by atoms with Gasteiger partial charge in [0.15, 0.2) is 0 Å². The summed E-state index contributed by atoms with van der Waals surface area (Å²) in [5, 5.41) is 11.6. The van der Waals surface area contributed by atoms with Crippen molar-refractivity contribution in [3.63, 3.8) is 0 Å². The second-order valence-corrected chi connectivity index (χ2v) is 4.41. The number of benzene rings is 1. The van der Waals surface area contributed by atoms with E-state index in [1.54, 1.807) is 24.3 Å². The van der Waals surface area contributed by atoms with Gasteiger partial charge in [-0.05, 0) is 18.1 Å². The molecule has 0 spiro atoms. The van der Waals surface area contributed by atoms with E-state index in [1.165, 1.54) is 0 Å². The van der Waals surface area contributed by atoms with E-state index in [0.29, 0.717) is 11.3 Å². The third-order valence-electron chi connectivity index (χ3n) is 2.79. The Kier molecular flexibility index (Phi) is 5.36. The number of para-hydroxylation sites is 1. The van der Waals surface area contributed by atoms with Crippen LogP contribution in [0.2, 0.25) is 0 Å². The zero-order chi connectivity index (χ0) is 13.5. The summed E-state index contributed by atoms with van der Waals surface area (Å²) in [5.41, 5.74) is 1.22. The molecule has 0 radical (unpaired) electrons. The molecule has 0 saturated carbocycles. The SMILES string of the molecule is CCCC(C)C(=O)Nc1ccccc1CC(=O)O. The Morgan fingerprint density at radius 1 is 1.33 bits per heavy atom. The highest BCUT2D eigenvalue weighted by Crippen LogP contribution is 2.17. The van der Waals surface area contributed by atoms with E-state index in [0.717, 1.165) is 12.8 Å². The lowest BCUT2D eigenvalue weighted by Gasteiger charge is -2.13. The molecule has 0 aromatic heterocycles. The second-order valence-electron chi connectivity index (χ2n) is 4.41. The molecule has 0 fully saturated rings. The van der Waals surface area contributed by atoms with Crippen LogP contribution in [0.3, 0.4) is 0 Å². The van der Waals surface area contributed by atoms with E-state index in [1.807, 2.05) is 13.8 Å². The fourth-order valence-electron chi connectivity index (χ4n) is 1.78. The fourth-order valence-corrected chi connectivity index (χ4v) is 1.78. The van der Waals surface area contributed by atoms with Gasteiger partial charge in [0.2, 0.25) is 5.91 Å². The summed E-state index contributed by atoms with van der Waals surface area (Å²) in [6, 6.07) is 7.00. The molecule has 0 aliphatic rings. The van der Waals surface area contributed by atoms with Crippen molar-refractivity contribution in [2.45, 2.75) is 33.1 Å². The topological polar surface area (TPSA) is 66.4 Å². The minimum Gasteiger partial charge on any atom is -0.481 e. The molecule has 1 rings (SSSR count). The summed E-state index contributed by atoms with van der Waals surface area (Å²) >= 11 is 0. The Morgan fingerprint density at radius 3 is 2.61 bits per heavy atom. The van der Waals surface area contributed by atoms with Crippen LogP contribution in [-0.2, 0) is 16.0 Å². The number of hydrogen-bond acceptors (Lipinski definition) is 2. The van der Waals surface area contributed by atoms with Crippen molar-refractivity contribution in [2.24, 2.45) is 5.92 Å². The second kappa shape index (κ2) is 6.79. The summed E-state index contributed by atoms with van der Waals surface area (Å²) in [7, 11) is 0. The number of aliphatic carboxylic acids is 1. The monoisotopic (exact) mass is 249 g/mol. The molecule has 4 nitrogen and oxygen atoms in total. The Morgan fingerprint density at radius 2 is 2.00 bits per heavy atom. The number of carbonyl (C=O) groups excluding carboxylic acids is 1. The van der Waals surface area contributed by atoms with E-state index in [-0.39, 0.29) is 18.2 Å². The third-order valence-corrected chi connectivity index (χ3v) is 2.79. The molecule has 98 valence electrons. The lowest BCUT2D eigenvalue weighted by molar-refractivity contribution is -0.136. The van der Waals surface area contributed by atoms with Crippen molar-refractivity contribution < 1.29 is 14.7 Å². The largest absolute Gasteiger partial charge is 0.481 e. The normalized spacial score (nSPS) is 11.9. The average molecular weight is 249 g/mol. The van der Waals surface area contributed by atoms with Crippen molar-refractivity contribution in [3.05, 3.63) is 29.8 Å². The maximum Gasteiger partial charge on any atom is 0.307 e. The van der Waals surface area contributed by atoms with Gasteiger partial charge in [-0.2, -0.15) is 0 Å². The number of rotatable bonds is 6. The first-order valence-electron chi connectivity index (χ1n) is 6.15. The molecule has 1 aromatic carbocycles. The van der Waals surface area contributed by atoms with Gasteiger partial charge in [0.05, 0.1) is 6.42 Å². The quantitative estimate of drug-likeness (QED) is 0.814. The highest BCUT2D eigenvalue weighted by atomic mass is 16.4. The van der Waals surface area contributed by atoms with Crippen LogP contribution in [0.5, 0.6) is 0 Å². The zero-order valence-corrected chi connectivity index (χ0v) is 10.8. The van der Waals surface area contributed by atoms with E-state index in [2.05, 4.69) is 5.32 Å². The van der Waals surface area contributed by atoms with Crippen molar-refractivity contribution in [2.75, 3.05) is 5.32 Å². The Balaban J connectivity index is 2.77. The van der Waals surface area contributed by atoms with Crippen LogP contribution in [0.25, 0.3) is 0 Å². The first-order valence-corrected chi connectivity index (χ1v) is 6.15. The van der Waals surface area contributed by atoms with Gasteiger partial charge in [-0.15, -0.1) is 0 Å². The summed E-state index contributed by atoms with van der Waals surface area (Å²) < 4.78 is 0. The van der Waals surface area contributed by atoms with Crippen LogP contribution in [-0.4, -0.2) is 17.0 Å². The van der Waals surface area contributed by atoms with Crippen molar-refractivity contribution >= 4 is 17.6 Å². The van der Waals surface area contributed by atoms with Crippen LogP contribution in [0, 0.1) is 5.92 Å². The summed E-state index contributed by atoms with van der Waals surface area (Å²) in [6.07, 6.45) is 1.69. The molecule has 18 heavy (non-hydrogen) atoms. The molecule has 2 N–H and O–H groups in total. The number of carboxylic acids is 1. The summed E-state index contributed by atoms with van der Waals surface area (Å²) in [4.78, 5) is 22.6. The first-order chi connectivity index (χ1) is 8.54. The van der Waals surface area contributed by atoms with E-state index in [4.69, 9.17) is 5.11 Å². The molecular formula is C14H19NO3. The molecule has 0 saturated heterocycles. The molecule has 1 amide bonds. The maximum atomic E-state index is 11.9. The molecule has 4 heteroatoms. The molecular weight excluding hydrogens is 230 g/mol. The lowest BCUT2D eigenvalue weighted by atomic mass is 10.0. The number of amides is 1. The molecule has 0 aliphatic heterocycles. The van der Waals surface area contributed by atoms with Crippen molar-refractivity contribution in [3.8, 4) is 0 Å². The number of carbonyl (C=O) groups is 2. The standard InChI is InChI=1S/C14H19NO3/c1-3-6-10(2)14(18)15-12-8-5-4-7-11(12)9-13(16)17/h4-5,7-8,10H,3,6,9H2,1-2H3,(H,15,18)(H,16,17). The molecule has 1 unspecified atom stereocenters. The Hall–Kier alpha value is -1.84. The highest BCUT2D eigenvalue weighted by Gasteiger charge is 2.14. The fraction of sp³-hybridized carbons (Fsp3) is 0.429. The van der Waals surface area contributed by atoms with Crippen LogP contribution >= 0.6 is 0 Å². The smallest absolute Gasteiger partial charge is 0.307 e. The van der Waals surface area contributed by atoms with Gasteiger partial charge in [-0.1, -0.05) is 38.5 Å². The van der Waals surface area contributed by atoms with Gasteiger partial charge in [0.25, 0.3) is 0 Å². The number of hydrogen-bond donors (Lipinski definition) is 2. The van der Waals surface area contributed by atoms with Gasteiger partial charge < -0.3 is 10.4 Å². The lowest BCUT2D eigenvalue weighted by Crippen LogP contribution is -2.21.